The zero-order valence-electron chi connectivity index (χ0n) is 20.7. The van der Waals surface area contributed by atoms with Gasteiger partial charge in [-0.25, -0.2) is 0 Å². The quantitative estimate of drug-likeness (QED) is 0.369. The highest BCUT2D eigenvalue weighted by molar-refractivity contribution is 5.87. The molecule has 1 atom stereocenters. The van der Waals surface area contributed by atoms with Crippen LogP contribution in [-0.4, -0.2) is 12.3 Å². The molecule has 0 bridgehead atoms. The molecule has 0 aliphatic carbocycles. The highest BCUT2D eigenvalue weighted by Gasteiger charge is 2.28. The van der Waals surface area contributed by atoms with E-state index in [2.05, 4.69) is 94.6 Å². The van der Waals surface area contributed by atoms with Gasteiger partial charge in [0.1, 0.15) is 0 Å². The molecule has 32 heavy (non-hydrogen) atoms. The first-order valence-electron chi connectivity index (χ1n) is 12.2. The summed E-state index contributed by atoms with van der Waals surface area (Å²) in [6.07, 6.45) is 6.44. The third kappa shape index (κ3) is 6.22. The smallest absolute Gasteiger partial charge is 0.0408 e. The van der Waals surface area contributed by atoms with E-state index in [1.807, 2.05) is 0 Å². The van der Waals surface area contributed by atoms with Gasteiger partial charge in [-0.3, -0.25) is 4.99 Å². The van der Waals surface area contributed by atoms with Crippen LogP contribution in [0.15, 0.2) is 77.1 Å². The van der Waals surface area contributed by atoms with Crippen LogP contribution in [0, 0.1) is 12.8 Å². The Hall–Kier alpha value is -2.61. The van der Waals surface area contributed by atoms with Crippen LogP contribution in [0.5, 0.6) is 0 Å². The van der Waals surface area contributed by atoms with E-state index in [0.29, 0.717) is 5.92 Å². The molecule has 170 valence electrons. The molecule has 2 nitrogen and oxygen atoms in total. The highest BCUT2D eigenvalue weighted by atomic mass is 15.2. The molecule has 2 heteroatoms. The van der Waals surface area contributed by atoms with Crippen molar-refractivity contribution in [1.82, 2.24) is 0 Å². The average molecular weight is 429 g/mol. The van der Waals surface area contributed by atoms with Crippen molar-refractivity contribution in [3.63, 3.8) is 0 Å². The molecule has 0 saturated carbocycles. The first-order chi connectivity index (χ1) is 15.4. The summed E-state index contributed by atoms with van der Waals surface area (Å²) in [5.41, 5.74) is 10.5. The second-order valence-corrected chi connectivity index (χ2v) is 9.31. The number of rotatable bonds is 9. The predicted molar refractivity (Wildman–Crippen MR) is 141 cm³/mol. The Labute approximate surface area is 195 Å². The molecule has 1 unspecified atom stereocenters. The molecule has 1 aliphatic rings. The van der Waals surface area contributed by atoms with Crippen LogP contribution in [0.4, 0.5) is 5.69 Å². The van der Waals surface area contributed by atoms with Crippen molar-refractivity contribution in [2.45, 2.75) is 73.1 Å². The number of hydrogen-bond donors (Lipinski definition) is 0. The van der Waals surface area contributed by atoms with Crippen molar-refractivity contribution < 1.29 is 0 Å². The van der Waals surface area contributed by atoms with Crippen molar-refractivity contribution in [2.24, 2.45) is 10.9 Å². The van der Waals surface area contributed by atoms with Crippen molar-refractivity contribution in [2.75, 3.05) is 11.4 Å². The number of aliphatic imine (C=N–C) groups is 1. The van der Waals surface area contributed by atoms with E-state index in [-0.39, 0.29) is 0 Å². The normalized spacial score (nSPS) is 17.7. The summed E-state index contributed by atoms with van der Waals surface area (Å²) >= 11 is 0. The van der Waals surface area contributed by atoms with E-state index in [1.54, 1.807) is 0 Å². The monoisotopic (exact) mass is 428 g/mol. The fourth-order valence-electron chi connectivity index (χ4n) is 4.52. The van der Waals surface area contributed by atoms with E-state index >= 15 is 0 Å². The van der Waals surface area contributed by atoms with Gasteiger partial charge in [-0.15, -0.1) is 0 Å². The molecule has 0 amide bonds. The molecule has 1 heterocycles. The van der Waals surface area contributed by atoms with Crippen LogP contribution in [-0.2, 0) is 12.8 Å². The van der Waals surface area contributed by atoms with Gasteiger partial charge >= 0.3 is 0 Å². The summed E-state index contributed by atoms with van der Waals surface area (Å²) in [6, 6.07) is 17.9. The maximum atomic E-state index is 5.13. The minimum Gasteiger partial charge on any atom is -0.345 e. The molecule has 0 N–H and O–H groups in total. The van der Waals surface area contributed by atoms with Gasteiger partial charge in [-0.05, 0) is 76.1 Å². The molecule has 3 rings (SSSR count). The van der Waals surface area contributed by atoms with Gasteiger partial charge in [-0.2, -0.15) is 0 Å². The van der Waals surface area contributed by atoms with Crippen LogP contribution >= 0.6 is 0 Å². The Kier molecular flexibility index (Phi) is 8.50. The molecule has 1 saturated heterocycles. The third-order valence-electron chi connectivity index (χ3n) is 6.69. The van der Waals surface area contributed by atoms with Gasteiger partial charge in [0.2, 0.25) is 0 Å². The summed E-state index contributed by atoms with van der Waals surface area (Å²) in [5, 5.41) is 0. The fourth-order valence-corrected chi connectivity index (χ4v) is 4.52. The number of aryl methyl sites for hydroxylation is 3. The van der Waals surface area contributed by atoms with Crippen LogP contribution < -0.4 is 4.90 Å². The van der Waals surface area contributed by atoms with Gasteiger partial charge in [0, 0.05) is 35.3 Å². The second kappa shape index (κ2) is 11.3. The minimum atomic E-state index is 0.435. The summed E-state index contributed by atoms with van der Waals surface area (Å²) < 4.78 is 0. The molecule has 0 radical (unpaired) electrons. The van der Waals surface area contributed by atoms with Crippen LogP contribution in [0.2, 0.25) is 0 Å². The molecule has 2 aromatic carbocycles. The zero-order chi connectivity index (χ0) is 23.1. The van der Waals surface area contributed by atoms with E-state index in [1.165, 1.54) is 51.5 Å². The van der Waals surface area contributed by atoms with Crippen molar-refractivity contribution in [3.8, 4) is 0 Å². The van der Waals surface area contributed by atoms with Crippen LogP contribution in [0.25, 0.3) is 0 Å². The van der Waals surface area contributed by atoms with Gasteiger partial charge in [0.05, 0.1) is 0 Å². The highest BCUT2D eigenvalue weighted by Crippen LogP contribution is 2.32. The number of hydrogen-bond acceptors (Lipinski definition) is 2. The van der Waals surface area contributed by atoms with Crippen LogP contribution in [0.1, 0.15) is 70.1 Å². The summed E-state index contributed by atoms with van der Waals surface area (Å²) in [7, 11) is 0. The zero-order valence-corrected chi connectivity index (χ0v) is 20.7. The lowest BCUT2D eigenvalue weighted by Crippen LogP contribution is -2.21. The molecular weight excluding hydrogens is 388 g/mol. The fraction of sp³-hybridized carbons (Fsp3) is 0.433. The van der Waals surface area contributed by atoms with Gasteiger partial charge < -0.3 is 4.90 Å². The maximum absolute atomic E-state index is 5.13. The minimum absolute atomic E-state index is 0.435. The Morgan fingerprint density at radius 2 is 1.59 bits per heavy atom. The molecule has 1 aliphatic heterocycles. The van der Waals surface area contributed by atoms with E-state index in [9.17, 15) is 0 Å². The van der Waals surface area contributed by atoms with E-state index in [0.717, 1.165) is 38.6 Å². The Balaban J connectivity index is 1.67. The van der Waals surface area contributed by atoms with E-state index in [4.69, 9.17) is 4.99 Å². The Morgan fingerprint density at radius 3 is 2.22 bits per heavy atom. The Bertz CT molecular complexity index is 961. The van der Waals surface area contributed by atoms with Gasteiger partial charge in [0.15, 0.2) is 0 Å². The number of benzene rings is 2. The summed E-state index contributed by atoms with van der Waals surface area (Å²) in [5.74, 6) is 0.435. The number of nitrogens with zero attached hydrogens (tertiary/aromatic N) is 2. The van der Waals surface area contributed by atoms with Crippen molar-refractivity contribution in [3.05, 3.63) is 88.8 Å². The lowest BCUT2D eigenvalue weighted by molar-refractivity contribution is 0.783. The largest absolute Gasteiger partial charge is 0.345 e. The lowest BCUT2D eigenvalue weighted by Gasteiger charge is -2.20. The SMILES string of the molecule is C=C1CC(C(C)=N/C(CC)=C(\C)CCc2ccc(C)cc2)CN1c1ccc(CCC)cc1. The Morgan fingerprint density at radius 1 is 0.969 bits per heavy atom. The van der Waals surface area contributed by atoms with E-state index < -0.39 is 0 Å². The average Bonchev–Trinajstić information content (AvgIpc) is 3.19. The summed E-state index contributed by atoms with van der Waals surface area (Å²) in [4.78, 5) is 7.51. The standard InChI is InChI=1S/C30H40N2/c1-7-9-26-16-18-29(19-17-26)32-21-28(20-24(32)5)25(6)31-30(8-2)23(4)12-15-27-13-10-22(3)11-14-27/h10-11,13-14,16-19,28H,5,7-9,12,15,20-21H2,1-4,6H3/b30-23+,31-25?. The molecule has 0 aromatic heterocycles. The third-order valence-corrected chi connectivity index (χ3v) is 6.69. The molecule has 2 aromatic rings. The number of allylic oxidation sites excluding steroid dienone is 3. The van der Waals surface area contributed by atoms with Crippen molar-refractivity contribution in [1.29, 1.82) is 0 Å². The topological polar surface area (TPSA) is 15.6 Å². The lowest BCUT2D eigenvalue weighted by atomic mass is 10.0. The van der Waals surface area contributed by atoms with Gasteiger partial charge in [0.25, 0.3) is 0 Å². The first kappa shape index (κ1) is 24.0. The predicted octanol–water partition coefficient (Wildman–Crippen LogP) is 8.07. The first-order valence-corrected chi connectivity index (χ1v) is 12.2. The van der Waals surface area contributed by atoms with Crippen LogP contribution in [0.3, 0.4) is 0 Å². The second-order valence-electron chi connectivity index (χ2n) is 9.31. The van der Waals surface area contributed by atoms with Crippen molar-refractivity contribution >= 4 is 11.4 Å². The summed E-state index contributed by atoms with van der Waals surface area (Å²) in [6.45, 7) is 16.4. The molecular formula is C30H40N2. The number of anilines is 1. The maximum Gasteiger partial charge on any atom is 0.0408 e. The molecule has 1 fully saturated rings. The van der Waals surface area contributed by atoms with Gasteiger partial charge in [-0.1, -0.05) is 74.4 Å². The molecule has 0 spiro atoms.